The van der Waals surface area contributed by atoms with Crippen LogP contribution in [0.5, 0.6) is 0 Å². The molecule has 0 aliphatic heterocycles. The first-order valence-electron chi connectivity index (χ1n) is 3.34. The van der Waals surface area contributed by atoms with Crippen LogP contribution in [0.25, 0.3) is 12.2 Å². The second-order valence-electron chi connectivity index (χ2n) is 2.12. The van der Waals surface area contributed by atoms with Crippen molar-refractivity contribution in [3.8, 4) is 0 Å². The minimum Gasteiger partial charge on any atom is -0.197 e. The normalized spacial score (nSPS) is 14.7. The van der Waals surface area contributed by atoms with E-state index in [2.05, 4.69) is 16.5 Å². The molecule has 0 saturated heterocycles. The first kappa shape index (κ1) is 7.48. The lowest BCUT2D eigenvalue weighted by Crippen LogP contribution is -2.19. The fraction of sp³-hybridized carbons (Fsp3) is 0.375. The highest BCUT2D eigenvalue weighted by molar-refractivity contribution is 7.03. The van der Waals surface area contributed by atoms with Crippen molar-refractivity contribution in [3.63, 3.8) is 0 Å². The van der Waals surface area contributed by atoms with E-state index in [0.29, 0.717) is 0 Å². The third kappa shape index (κ3) is 1.12. The number of hydrogen-bond acceptors (Lipinski definition) is 2. The van der Waals surface area contributed by atoms with Gasteiger partial charge in [0.15, 0.2) is 0 Å². The maximum absolute atomic E-state index is 4.24. The molecule has 0 atom stereocenters. The lowest BCUT2D eigenvalue weighted by Gasteiger charge is -1.76. The molecule has 1 aromatic rings. The van der Waals surface area contributed by atoms with Gasteiger partial charge in [0.1, 0.15) is 0 Å². The van der Waals surface area contributed by atoms with Gasteiger partial charge < -0.3 is 0 Å². The van der Waals surface area contributed by atoms with Crippen LogP contribution in [-0.2, 0) is 0 Å². The molecule has 0 aliphatic carbocycles. The number of hydrogen-bond donors (Lipinski definition) is 0. The van der Waals surface area contributed by atoms with Gasteiger partial charge >= 0.3 is 0 Å². The van der Waals surface area contributed by atoms with Crippen LogP contribution in [0.2, 0.25) is 0 Å². The van der Waals surface area contributed by atoms with Gasteiger partial charge in [0.25, 0.3) is 0 Å². The molecular formula is C8H11NS. The third-order valence-electron chi connectivity index (χ3n) is 1.49. The summed E-state index contributed by atoms with van der Waals surface area (Å²) >= 11 is 1.56. The Labute approximate surface area is 64.9 Å². The average Bonchev–Trinajstić information content (AvgIpc) is 2.30. The molecule has 0 unspecified atom stereocenters. The SMILES string of the molecule is C/C=c1/c(C)ns/c1=C/C. The highest BCUT2D eigenvalue weighted by Crippen LogP contribution is 1.82. The van der Waals surface area contributed by atoms with Crippen molar-refractivity contribution in [2.75, 3.05) is 0 Å². The second kappa shape index (κ2) is 2.97. The van der Waals surface area contributed by atoms with Gasteiger partial charge in [-0.2, -0.15) is 4.37 Å². The van der Waals surface area contributed by atoms with Gasteiger partial charge in [0, 0.05) is 5.22 Å². The van der Waals surface area contributed by atoms with Crippen LogP contribution < -0.4 is 9.75 Å². The summed E-state index contributed by atoms with van der Waals surface area (Å²) in [5.41, 5.74) is 1.14. The van der Waals surface area contributed by atoms with Crippen LogP contribution >= 0.6 is 11.5 Å². The van der Waals surface area contributed by atoms with Gasteiger partial charge in [-0.1, -0.05) is 12.2 Å². The Kier molecular flexibility index (Phi) is 2.22. The molecule has 1 rings (SSSR count). The molecule has 1 nitrogen and oxygen atoms in total. The van der Waals surface area contributed by atoms with Crippen molar-refractivity contribution in [2.45, 2.75) is 20.8 Å². The van der Waals surface area contributed by atoms with Gasteiger partial charge in [-0.3, -0.25) is 0 Å². The number of rotatable bonds is 0. The quantitative estimate of drug-likeness (QED) is 0.543. The molecule has 0 spiro atoms. The molecule has 0 radical (unpaired) electrons. The second-order valence-corrected chi connectivity index (χ2v) is 2.93. The van der Waals surface area contributed by atoms with Crippen molar-refractivity contribution < 1.29 is 0 Å². The van der Waals surface area contributed by atoms with E-state index in [9.17, 15) is 0 Å². The fourth-order valence-corrected chi connectivity index (χ4v) is 1.76. The van der Waals surface area contributed by atoms with Gasteiger partial charge in [-0.25, -0.2) is 0 Å². The zero-order chi connectivity index (χ0) is 7.56. The molecule has 0 bridgehead atoms. The zero-order valence-corrected chi connectivity index (χ0v) is 7.33. The molecule has 1 aromatic heterocycles. The maximum atomic E-state index is 4.24. The predicted octanol–water partition coefficient (Wildman–Crippen LogP) is 1.05. The van der Waals surface area contributed by atoms with Crippen molar-refractivity contribution >= 4 is 23.7 Å². The maximum Gasteiger partial charge on any atom is 0.0586 e. The van der Waals surface area contributed by atoms with Crippen LogP contribution in [0.1, 0.15) is 19.5 Å². The smallest absolute Gasteiger partial charge is 0.0586 e. The largest absolute Gasteiger partial charge is 0.197 e. The summed E-state index contributed by atoms with van der Waals surface area (Å²) in [6, 6.07) is 0. The number of aromatic nitrogens is 1. The van der Waals surface area contributed by atoms with E-state index >= 15 is 0 Å². The van der Waals surface area contributed by atoms with Gasteiger partial charge in [-0.05, 0) is 32.3 Å². The molecule has 0 aliphatic rings. The van der Waals surface area contributed by atoms with E-state index < -0.39 is 0 Å². The van der Waals surface area contributed by atoms with E-state index in [1.54, 1.807) is 11.5 Å². The van der Waals surface area contributed by atoms with E-state index in [0.717, 1.165) is 5.69 Å². The molecule has 1 heterocycles. The molecule has 10 heavy (non-hydrogen) atoms. The predicted molar refractivity (Wildman–Crippen MR) is 46.4 cm³/mol. The first-order valence-corrected chi connectivity index (χ1v) is 4.12. The van der Waals surface area contributed by atoms with Crippen molar-refractivity contribution in [1.82, 2.24) is 4.37 Å². The van der Waals surface area contributed by atoms with Gasteiger partial charge in [0.2, 0.25) is 0 Å². The summed E-state index contributed by atoms with van der Waals surface area (Å²) < 4.78 is 5.52. The molecule has 54 valence electrons. The fourth-order valence-electron chi connectivity index (χ4n) is 0.954. The summed E-state index contributed by atoms with van der Waals surface area (Å²) in [6.07, 6.45) is 4.20. The minimum atomic E-state index is 1.14. The Hall–Kier alpha value is -0.630. The van der Waals surface area contributed by atoms with Crippen molar-refractivity contribution in [1.29, 1.82) is 0 Å². The summed E-state index contributed by atoms with van der Waals surface area (Å²) in [6.45, 7) is 6.13. The lowest BCUT2D eigenvalue weighted by atomic mass is 10.3. The van der Waals surface area contributed by atoms with Crippen LogP contribution in [0.4, 0.5) is 0 Å². The van der Waals surface area contributed by atoms with Crippen LogP contribution in [0, 0.1) is 6.92 Å². The first-order chi connectivity index (χ1) is 4.79. The van der Waals surface area contributed by atoms with Gasteiger partial charge in [0.05, 0.1) is 10.2 Å². The van der Waals surface area contributed by atoms with Gasteiger partial charge in [-0.15, -0.1) is 0 Å². The Balaban J connectivity index is 3.59. The van der Waals surface area contributed by atoms with E-state index in [1.807, 2.05) is 20.8 Å². The molecule has 0 N–H and O–H groups in total. The number of aryl methyl sites for hydroxylation is 1. The monoisotopic (exact) mass is 153 g/mol. The van der Waals surface area contributed by atoms with E-state index in [-0.39, 0.29) is 0 Å². The summed E-state index contributed by atoms with van der Waals surface area (Å²) in [7, 11) is 0. The molecular weight excluding hydrogens is 142 g/mol. The Bertz CT molecular complexity index is 322. The highest BCUT2D eigenvalue weighted by Gasteiger charge is 1.91. The summed E-state index contributed by atoms with van der Waals surface area (Å²) in [5, 5.41) is 1.28. The topological polar surface area (TPSA) is 12.9 Å². The molecule has 0 aromatic carbocycles. The molecule has 2 heteroatoms. The van der Waals surface area contributed by atoms with Crippen LogP contribution in [-0.4, -0.2) is 4.37 Å². The molecule has 0 amide bonds. The van der Waals surface area contributed by atoms with E-state index in [1.165, 1.54) is 9.75 Å². The molecule has 0 fully saturated rings. The van der Waals surface area contributed by atoms with Crippen molar-refractivity contribution in [2.24, 2.45) is 0 Å². The molecule has 0 saturated carbocycles. The van der Waals surface area contributed by atoms with E-state index in [4.69, 9.17) is 0 Å². The standard InChI is InChI=1S/C8H11NS/c1-4-7-6(3)9-10-8(7)5-2/h4-5H,1-3H3/b7-4-,8-5+. The summed E-state index contributed by atoms with van der Waals surface area (Å²) in [5.74, 6) is 0. The van der Waals surface area contributed by atoms with Crippen LogP contribution in [0.15, 0.2) is 0 Å². The Morgan fingerprint density at radius 1 is 1.30 bits per heavy atom. The minimum absolute atomic E-state index is 1.14. The third-order valence-corrected chi connectivity index (χ3v) is 2.50. The Morgan fingerprint density at radius 3 is 2.40 bits per heavy atom. The highest BCUT2D eigenvalue weighted by atomic mass is 32.1. The number of nitrogens with zero attached hydrogens (tertiary/aromatic N) is 1. The lowest BCUT2D eigenvalue weighted by molar-refractivity contribution is 1.30. The zero-order valence-electron chi connectivity index (χ0n) is 6.51. The van der Waals surface area contributed by atoms with Crippen molar-refractivity contribution in [3.05, 3.63) is 15.4 Å². The average molecular weight is 153 g/mol. The summed E-state index contributed by atoms with van der Waals surface area (Å²) in [4.78, 5) is 0. The van der Waals surface area contributed by atoms with Crippen LogP contribution in [0.3, 0.4) is 0 Å². The Morgan fingerprint density at radius 2 is 2.00 bits per heavy atom.